The van der Waals surface area contributed by atoms with E-state index in [9.17, 15) is 9.59 Å². The minimum Gasteiger partial charge on any atom is -0.475 e. The summed E-state index contributed by atoms with van der Waals surface area (Å²) in [6.45, 7) is 6.71. The van der Waals surface area contributed by atoms with Crippen LogP contribution in [0.2, 0.25) is 0 Å². The van der Waals surface area contributed by atoms with Crippen molar-refractivity contribution in [1.29, 1.82) is 0 Å². The highest BCUT2D eigenvalue weighted by atomic mass is 16.6. The standard InChI is InChI=1S/C12H18N4O4/c1-12(2,3)20-11(19)15-5-4-8-13-9(10(17)18)14-16(8)7-6-15/h4-7H2,1-3H3,(H,17,18). The van der Waals surface area contributed by atoms with Crippen molar-refractivity contribution in [3.8, 4) is 0 Å². The molecule has 0 spiro atoms. The predicted octanol–water partition coefficient (Wildman–Crippen LogP) is 0.769. The summed E-state index contributed by atoms with van der Waals surface area (Å²) in [5.41, 5.74) is -0.536. The zero-order valence-electron chi connectivity index (χ0n) is 11.8. The fourth-order valence-electron chi connectivity index (χ4n) is 1.90. The third-order valence-corrected chi connectivity index (χ3v) is 2.78. The predicted molar refractivity (Wildman–Crippen MR) is 68.5 cm³/mol. The molecule has 0 aliphatic carbocycles. The van der Waals surface area contributed by atoms with E-state index in [2.05, 4.69) is 10.1 Å². The molecule has 1 N–H and O–H groups in total. The zero-order valence-corrected chi connectivity index (χ0v) is 11.8. The Bertz CT molecular complexity index is 507. The molecule has 1 aliphatic rings. The molecule has 20 heavy (non-hydrogen) atoms. The summed E-state index contributed by atoms with van der Waals surface area (Å²) in [7, 11) is 0. The van der Waals surface area contributed by atoms with Crippen molar-refractivity contribution in [2.75, 3.05) is 13.1 Å². The van der Waals surface area contributed by atoms with Crippen LogP contribution in [0.15, 0.2) is 0 Å². The smallest absolute Gasteiger partial charge is 0.410 e. The molecule has 2 rings (SSSR count). The van der Waals surface area contributed by atoms with Crippen LogP contribution in [-0.2, 0) is 17.7 Å². The van der Waals surface area contributed by atoms with Crippen LogP contribution in [0, 0.1) is 0 Å². The Morgan fingerprint density at radius 1 is 1.25 bits per heavy atom. The van der Waals surface area contributed by atoms with Crippen LogP contribution in [-0.4, -0.2) is 55.5 Å². The second-order valence-electron chi connectivity index (χ2n) is 5.60. The normalized spacial score (nSPS) is 15.4. The van der Waals surface area contributed by atoms with Crippen LogP contribution in [0.3, 0.4) is 0 Å². The highest BCUT2D eigenvalue weighted by molar-refractivity contribution is 5.82. The fourth-order valence-corrected chi connectivity index (χ4v) is 1.90. The number of hydrogen-bond donors (Lipinski definition) is 1. The first-order valence-electron chi connectivity index (χ1n) is 6.41. The van der Waals surface area contributed by atoms with Gasteiger partial charge in [0.05, 0.1) is 6.54 Å². The number of fused-ring (bicyclic) bond motifs is 1. The molecule has 0 bridgehead atoms. The van der Waals surface area contributed by atoms with Crippen molar-refractivity contribution in [3.63, 3.8) is 0 Å². The maximum Gasteiger partial charge on any atom is 0.410 e. The fraction of sp³-hybridized carbons (Fsp3) is 0.667. The highest BCUT2D eigenvalue weighted by Crippen LogP contribution is 2.13. The monoisotopic (exact) mass is 282 g/mol. The molecule has 0 saturated heterocycles. The minimum atomic E-state index is -1.14. The van der Waals surface area contributed by atoms with Crippen LogP contribution in [0.25, 0.3) is 0 Å². The topological polar surface area (TPSA) is 97.6 Å². The highest BCUT2D eigenvalue weighted by Gasteiger charge is 2.26. The average molecular weight is 282 g/mol. The van der Waals surface area contributed by atoms with Gasteiger partial charge in [0.2, 0.25) is 0 Å². The van der Waals surface area contributed by atoms with Crippen molar-refractivity contribution in [3.05, 3.63) is 11.6 Å². The Morgan fingerprint density at radius 3 is 2.55 bits per heavy atom. The Morgan fingerprint density at radius 2 is 1.95 bits per heavy atom. The van der Waals surface area contributed by atoms with Crippen molar-refractivity contribution >= 4 is 12.1 Å². The second kappa shape index (κ2) is 5.10. The molecule has 8 heteroatoms. The van der Waals surface area contributed by atoms with Gasteiger partial charge in [0.15, 0.2) is 0 Å². The molecule has 0 aromatic carbocycles. The molecule has 1 aromatic heterocycles. The summed E-state index contributed by atoms with van der Waals surface area (Å²) < 4.78 is 6.85. The van der Waals surface area contributed by atoms with Crippen molar-refractivity contribution in [2.45, 2.75) is 39.3 Å². The van der Waals surface area contributed by atoms with E-state index in [0.29, 0.717) is 31.9 Å². The molecule has 8 nitrogen and oxygen atoms in total. The van der Waals surface area contributed by atoms with Gasteiger partial charge in [-0.1, -0.05) is 0 Å². The van der Waals surface area contributed by atoms with Crippen LogP contribution < -0.4 is 0 Å². The average Bonchev–Trinajstić information content (AvgIpc) is 2.61. The summed E-state index contributed by atoms with van der Waals surface area (Å²) in [5, 5.41) is 12.8. The van der Waals surface area contributed by atoms with E-state index < -0.39 is 11.6 Å². The maximum absolute atomic E-state index is 12.0. The Labute approximate surface area is 116 Å². The SMILES string of the molecule is CC(C)(C)OC(=O)N1CCc2nc(C(=O)O)nn2CC1. The van der Waals surface area contributed by atoms with Crippen LogP contribution in [0.4, 0.5) is 4.79 Å². The summed E-state index contributed by atoms with van der Waals surface area (Å²) in [6, 6.07) is 0. The number of carbonyl (C=O) groups is 2. The molecule has 1 aromatic rings. The molecule has 2 heterocycles. The van der Waals surface area contributed by atoms with Gasteiger partial charge >= 0.3 is 12.1 Å². The summed E-state index contributed by atoms with van der Waals surface area (Å²) in [6.07, 6.45) is 0.0844. The number of hydrogen-bond acceptors (Lipinski definition) is 5. The van der Waals surface area contributed by atoms with Crippen LogP contribution in [0.5, 0.6) is 0 Å². The molecular weight excluding hydrogens is 264 g/mol. The number of aromatic carboxylic acids is 1. The number of carbonyl (C=O) groups excluding carboxylic acids is 1. The lowest BCUT2D eigenvalue weighted by molar-refractivity contribution is 0.0252. The molecule has 110 valence electrons. The minimum absolute atomic E-state index is 0.203. The number of rotatable bonds is 1. The summed E-state index contributed by atoms with van der Waals surface area (Å²) in [4.78, 5) is 28.3. The number of carboxylic acid groups (broad SMARTS) is 1. The second-order valence-corrected chi connectivity index (χ2v) is 5.60. The third-order valence-electron chi connectivity index (χ3n) is 2.78. The number of aromatic nitrogens is 3. The number of nitrogens with zero attached hydrogens (tertiary/aromatic N) is 4. The Balaban J connectivity index is 2.03. The van der Waals surface area contributed by atoms with Gasteiger partial charge in [-0.25, -0.2) is 19.3 Å². The molecule has 0 atom stereocenters. The molecule has 0 radical (unpaired) electrons. The van der Waals surface area contributed by atoms with Crippen molar-refractivity contribution in [1.82, 2.24) is 19.7 Å². The molecule has 0 saturated carbocycles. The number of carboxylic acids is 1. The van der Waals surface area contributed by atoms with Gasteiger partial charge in [-0.15, -0.1) is 5.10 Å². The van der Waals surface area contributed by atoms with E-state index in [1.165, 1.54) is 4.68 Å². The van der Waals surface area contributed by atoms with Gasteiger partial charge in [-0.2, -0.15) is 0 Å². The lowest BCUT2D eigenvalue weighted by Crippen LogP contribution is -2.38. The first kappa shape index (κ1) is 14.3. The Kier molecular flexibility index (Phi) is 3.65. The molecule has 0 fully saturated rings. The van der Waals surface area contributed by atoms with Gasteiger partial charge in [0.1, 0.15) is 11.4 Å². The lowest BCUT2D eigenvalue weighted by atomic mass is 10.2. The summed E-state index contributed by atoms with van der Waals surface area (Å²) >= 11 is 0. The van der Waals surface area contributed by atoms with Gasteiger partial charge in [0, 0.05) is 19.5 Å². The van der Waals surface area contributed by atoms with E-state index in [0.717, 1.165) is 0 Å². The van der Waals surface area contributed by atoms with E-state index >= 15 is 0 Å². The number of ether oxygens (including phenoxy) is 1. The van der Waals surface area contributed by atoms with Gasteiger partial charge < -0.3 is 14.7 Å². The largest absolute Gasteiger partial charge is 0.475 e. The van der Waals surface area contributed by atoms with E-state index in [4.69, 9.17) is 9.84 Å². The molecule has 0 unspecified atom stereocenters. The number of amides is 1. The van der Waals surface area contributed by atoms with Gasteiger partial charge in [-0.3, -0.25) is 0 Å². The third kappa shape index (κ3) is 3.25. The van der Waals surface area contributed by atoms with Crippen LogP contribution >= 0.6 is 0 Å². The van der Waals surface area contributed by atoms with E-state index in [-0.39, 0.29) is 11.9 Å². The Hall–Kier alpha value is -2.12. The quantitative estimate of drug-likeness (QED) is 0.817. The first-order valence-corrected chi connectivity index (χ1v) is 6.41. The van der Waals surface area contributed by atoms with Crippen molar-refractivity contribution < 1.29 is 19.4 Å². The summed E-state index contributed by atoms with van der Waals surface area (Å²) in [5.74, 6) is -0.770. The van der Waals surface area contributed by atoms with E-state index in [1.54, 1.807) is 4.90 Å². The molecule has 1 aliphatic heterocycles. The van der Waals surface area contributed by atoms with Gasteiger partial charge in [0.25, 0.3) is 5.82 Å². The van der Waals surface area contributed by atoms with Crippen LogP contribution in [0.1, 0.15) is 37.2 Å². The van der Waals surface area contributed by atoms with Crippen molar-refractivity contribution in [2.24, 2.45) is 0 Å². The maximum atomic E-state index is 12.0. The van der Waals surface area contributed by atoms with Gasteiger partial charge in [-0.05, 0) is 20.8 Å². The zero-order chi connectivity index (χ0) is 14.9. The molecule has 1 amide bonds. The lowest BCUT2D eigenvalue weighted by Gasteiger charge is -2.26. The van der Waals surface area contributed by atoms with E-state index in [1.807, 2.05) is 20.8 Å². The molecular formula is C12H18N4O4. The first-order chi connectivity index (χ1) is 9.26.